The maximum atomic E-state index is 12.1. The fourth-order valence-corrected chi connectivity index (χ4v) is 3.50. The Bertz CT molecular complexity index is 548. The summed E-state index contributed by atoms with van der Waals surface area (Å²) in [5.74, 6) is 0.476. The molecular weight excluding hydrogens is 316 g/mol. The molecule has 2 fully saturated rings. The van der Waals surface area contributed by atoms with E-state index in [0.717, 1.165) is 24.3 Å². The molecule has 3 rings (SSSR count). The minimum absolute atomic E-state index is 0.0232. The van der Waals surface area contributed by atoms with E-state index in [1.165, 1.54) is 5.56 Å². The van der Waals surface area contributed by atoms with Crippen molar-refractivity contribution in [3.8, 4) is 0 Å². The van der Waals surface area contributed by atoms with E-state index in [9.17, 15) is 4.79 Å². The Balaban J connectivity index is 1.43. The van der Waals surface area contributed by atoms with Crippen LogP contribution in [0.15, 0.2) is 24.3 Å². The van der Waals surface area contributed by atoms with E-state index in [0.29, 0.717) is 19.1 Å². The number of amides is 2. The average Bonchev–Trinajstić information content (AvgIpc) is 2.51. The third-order valence-electron chi connectivity index (χ3n) is 4.71. The molecule has 6 heteroatoms. The minimum atomic E-state index is -0.142. The smallest absolute Gasteiger partial charge is 0.315 e. The van der Waals surface area contributed by atoms with Crippen molar-refractivity contribution >= 4 is 17.6 Å². The molecule has 1 aromatic rings. The Morgan fingerprint density at radius 2 is 2.17 bits per heavy atom. The number of hydrogen-bond acceptors (Lipinski definition) is 3. The standard InChI is InChI=1S/C17H23ClN2O3/c1-22-16-5-6-23-10-15(16)20-17(21)19-14-8-12(9-14)11-3-2-4-13(18)7-11/h2-4,7,12,14-16H,5-6,8-10H2,1H3,(H2,19,20,21)/t12?,14?,15-,16-/m1/s1. The summed E-state index contributed by atoms with van der Waals surface area (Å²) >= 11 is 6.02. The van der Waals surface area contributed by atoms with Gasteiger partial charge in [0, 0.05) is 24.8 Å². The largest absolute Gasteiger partial charge is 0.379 e. The molecule has 0 spiro atoms. The highest BCUT2D eigenvalue weighted by Gasteiger charge is 2.33. The zero-order chi connectivity index (χ0) is 16.2. The topological polar surface area (TPSA) is 59.6 Å². The Hall–Kier alpha value is -1.30. The number of halogens is 1. The fraction of sp³-hybridized carbons (Fsp3) is 0.588. The van der Waals surface area contributed by atoms with Gasteiger partial charge in [-0.3, -0.25) is 0 Å². The predicted molar refractivity (Wildman–Crippen MR) is 88.9 cm³/mol. The maximum absolute atomic E-state index is 12.1. The molecule has 1 heterocycles. The van der Waals surface area contributed by atoms with Crippen LogP contribution in [0.1, 0.15) is 30.7 Å². The van der Waals surface area contributed by atoms with Gasteiger partial charge in [-0.05, 0) is 42.9 Å². The molecule has 1 saturated carbocycles. The highest BCUT2D eigenvalue weighted by atomic mass is 35.5. The highest BCUT2D eigenvalue weighted by molar-refractivity contribution is 6.30. The summed E-state index contributed by atoms with van der Waals surface area (Å²) in [6, 6.07) is 7.93. The molecule has 0 aromatic heterocycles. The normalized spacial score (nSPS) is 30.3. The van der Waals surface area contributed by atoms with Gasteiger partial charge in [0.15, 0.2) is 0 Å². The van der Waals surface area contributed by atoms with E-state index >= 15 is 0 Å². The van der Waals surface area contributed by atoms with E-state index in [2.05, 4.69) is 16.7 Å². The summed E-state index contributed by atoms with van der Waals surface area (Å²) < 4.78 is 10.8. The molecule has 0 radical (unpaired) electrons. The monoisotopic (exact) mass is 338 g/mol. The molecule has 2 amide bonds. The van der Waals surface area contributed by atoms with Crippen molar-refractivity contribution in [1.29, 1.82) is 0 Å². The maximum Gasteiger partial charge on any atom is 0.315 e. The van der Waals surface area contributed by atoms with Crippen LogP contribution in [0.5, 0.6) is 0 Å². The van der Waals surface area contributed by atoms with Crippen LogP contribution in [-0.4, -0.2) is 44.5 Å². The van der Waals surface area contributed by atoms with Crippen LogP contribution < -0.4 is 10.6 Å². The summed E-state index contributed by atoms with van der Waals surface area (Å²) in [4.78, 5) is 12.1. The number of benzene rings is 1. The van der Waals surface area contributed by atoms with Crippen molar-refractivity contribution in [1.82, 2.24) is 10.6 Å². The van der Waals surface area contributed by atoms with Gasteiger partial charge in [-0.25, -0.2) is 4.79 Å². The number of urea groups is 1. The van der Waals surface area contributed by atoms with Crippen molar-refractivity contribution in [3.05, 3.63) is 34.9 Å². The van der Waals surface area contributed by atoms with Gasteiger partial charge in [-0.2, -0.15) is 0 Å². The second-order valence-corrected chi connectivity index (χ2v) is 6.72. The first-order valence-electron chi connectivity index (χ1n) is 8.08. The van der Waals surface area contributed by atoms with E-state index in [1.54, 1.807) is 7.11 Å². The van der Waals surface area contributed by atoms with Crippen LogP contribution in [0.4, 0.5) is 4.79 Å². The fourth-order valence-electron chi connectivity index (χ4n) is 3.30. The molecule has 1 aliphatic carbocycles. The minimum Gasteiger partial charge on any atom is -0.379 e. The Labute approximate surface area is 141 Å². The van der Waals surface area contributed by atoms with Crippen LogP contribution in [-0.2, 0) is 9.47 Å². The van der Waals surface area contributed by atoms with E-state index < -0.39 is 0 Å². The molecule has 23 heavy (non-hydrogen) atoms. The summed E-state index contributed by atoms with van der Waals surface area (Å²) in [6.07, 6.45) is 2.72. The van der Waals surface area contributed by atoms with Crippen molar-refractivity contribution < 1.29 is 14.3 Å². The van der Waals surface area contributed by atoms with Crippen molar-refractivity contribution in [2.45, 2.75) is 43.4 Å². The zero-order valence-corrected chi connectivity index (χ0v) is 14.0. The summed E-state index contributed by atoms with van der Waals surface area (Å²) in [5.41, 5.74) is 1.25. The van der Waals surface area contributed by atoms with Crippen molar-refractivity contribution in [3.63, 3.8) is 0 Å². The molecule has 1 saturated heterocycles. The number of carbonyl (C=O) groups excluding carboxylic acids is 1. The molecule has 126 valence electrons. The molecule has 2 N–H and O–H groups in total. The van der Waals surface area contributed by atoms with E-state index in [-0.39, 0.29) is 24.2 Å². The first-order chi connectivity index (χ1) is 11.2. The van der Waals surface area contributed by atoms with Gasteiger partial charge in [0.1, 0.15) is 0 Å². The number of methoxy groups -OCH3 is 1. The number of nitrogens with one attached hydrogen (secondary N) is 2. The lowest BCUT2D eigenvalue weighted by Gasteiger charge is -2.37. The lowest BCUT2D eigenvalue weighted by atomic mass is 9.76. The molecule has 0 bridgehead atoms. The van der Waals surface area contributed by atoms with E-state index in [1.807, 2.05) is 18.2 Å². The van der Waals surface area contributed by atoms with Gasteiger partial charge >= 0.3 is 6.03 Å². The Morgan fingerprint density at radius 1 is 1.35 bits per heavy atom. The number of ether oxygens (including phenoxy) is 2. The summed E-state index contributed by atoms with van der Waals surface area (Å²) in [7, 11) is 1.67. The Morgan fingerprint density at radius 3 is 2.91 bits per heavy atom. The van der Waals surface area contributed by atoms with Crippen LogP contribution in [0.2, 0.25) is 5.02 Å². The lowest BCUT2D eigenvalue weighted by molar-refractivity contribution is -0.0336. The molecule has 0 unspecified atom stereocenters. The number of rotatable bonds is 4. The average molecular weight is 339 g/mol. The Kier molecular flexibility index (Phi) is 5.41. The molecular formula is C17H23ClN2O3. The van der Waals surface area contributed by atoms with Gasteiger partial charge in [0.2, 0.25) is 0 Å². The second-order valence-electron chi connectivity index (χ2n) is 6.28. The number of hydrogen-bond donors (Lipinski definition) is 2. The highest BCUT2D eigenvalue weighted by Crippen LogP contribution is 2.37. The van der Waals surface area contributed by atoms with Crippen LogP contribution in [0.25, 0.3) is 0 Å². The van der Waals surface area contributed by atoms with E-state index in [4.69, 9.17) is 21.1 Å². The summed E-state index contributed by atoms with van der Waals surface area (Å²) in [5, 5.41) is 6.75. The molecule has 5 nitrogen and oxygen atoms in total. The van der Waals surface area contributed by atoms with Gasteiger partial charge < -0.3 is 20.1 Å². The zero-order valence-electron chi connectivity index (χ0n) is 13.3. The first-order valence-corrected chi connectivity index (χ1v) is 8.46. The third kappa shape index (κ3) is 4.16. The molecule has 2 aliphatic rings. The van der Waals surface area contributed by atoms with Gasteiger partial charge in [0.05, 0.1) is 18.8 Å². The van der Waals surface area contributed by atoms with Crippen molar-refractivity contribution in [2.24, 2.45) is 0 Å². The van der Waals surface area contributed by atoms with Crippen LogP contribution in [0.3, 0.4) is 0 Å². The molecule has 1 aromatic carbocycles. The van der Waals surface area contributed by atoms with Crippen LogP contribution in [0, 0.1) is 0 Å². The SMILES string of the molecule is CO[C@@H]1CCOC[C@H]1NC(=O)NC1CC(c2cccc(Cl)c2)C1. The third-order valence-corrected chi connectivity index (χ3v) is 4.94. The molecule has 2 atom stereocenters. The number of carbonyl (C=O) groups is 1. The molecule has 1 aliphatic heterocycles. The first kappa shape index (κ1) is 16.6. The summed E-state index contributed by atoms with van der Waals surface area (Å²) in [6.45, 7) is 1.18. The van der Waals surface area contributed by atoms with Crippen molar-refractivity contribution in [2.75, 3.05) is 20.3 Å². The van der Waals surface area contributed by atoms with Gasteiger partial charge in [-0.1, -0.05) is 23.7 Å². The lowest BCUT2D eigenvalue weighted by Crippen LogP contribution is -2.55. The predicted octanol–water partition coefficient (Wildman–Crippen LogP) is 2.69. The van der Waals surface area contributed by atoms with Gasteiger partial charge in [-0.15, -0.1) is 0 Å². The quantitative estimate of drug-likeness (QED) is 0.887. The van der Waals surface area contributed by atoms with Crippen LogP contribution >= 0.6 is 11.6 Å². The second kappa shape index (κ2) is 7.51. The van der Waals surface area contributed by atoms with Gasteiger partial charge in [0.25, 0.3) is 0 Å².